The van der Waals surface area contributed by atoms with Gasteiger partial charge in [-0.1, -0.05) is 5.92 Å². The average Bonchev–Trinajstić information content (AvgIpc) is 2.15. The lowest BCUT2D eigenvalue weighted by Crippen LogP contribution is -2.30. The molecule has 1 atom stereocenters. The molecule has 3 nitrogen and oxygen atoms in total. The van der Waals surface area contributed by atoms with E-state index in [1.807, 2.05) is 18.9 Å². The molecule has 1 unspecified atom stereocenters. The molecule has 80 valence electrons. The van der Waals surface area contributed by atoms with Crippen LogP contribution in [0.5, 0.6) is 0 Å². The van der Waals surface area contributed by atoms with Crippen LogP contribution in [0.2, 0.25) is 0 Å². The first-order valence-corrected chi connectivity index (χ1v) is 4.91. The zero-order chi connectivity index (χ0) is 11.0. The molecule has 0 rings (SSSR count). The number of terminal acetylenes is 1. The van der Waals surface area contributed by atoms with Gasteiger partial charge in [-0.2, -0.15) is 0 Å². The minimum atomic E-state index is -0.131. The van der Waals surface area contributed by atoms with Crippen LogP contribution in [0.4, 0.5) is 0 Å². The summed E-state index contributed by atoms with van der Waals surface area (Å²) in [6.45, 7) is 4.93. The molecule has 0 saturated heterocycles. The van der Waals surface area contributed by atoms with Crippen molar-refractivity contribution in [3.8, 4) is 12.3 Å². The summed E-state index contributed by atoms with van der Waals surface area (Å²) in [5.74, 6) is 2.44. The van der Waals surface area contributed by atoms with Crippen molar-refractivity contribution in [2.45, 2.75) is 32.7 Å². The van der Waals surface area contributed by atoms with Gasteiger partial charge in [-0.3, -0.25) is 9.69 Å². The van der Waals surface area contributed by atoms with Crippen molar-refractivity contribution in [2.24, 2.45) is 0 Å². The first-order valence-electron chi connectivity index (χ1n) is 4.91. The molecule has 0 aliphatic carbocycles. The van der Waals surface area contributed by atoms with Gasteiger partial charge in [0.1, 0.15) is 0 Å². The Kier molecular flexibility index (Phi) is 6.87. The van der Waals surface area contributed by atoms with Crippen molar-refractivity contribution in [1.29, 1.82) is 0 Å². The van der Waals surface area contributed by atoms with Crippen molar-refractivity contribution >= 4 is 5.97 Å². The summed E-state index contributed by atoms with van der Waals surface area (Å²) < 4.78 is 4.83. The zero-order valence-electron chi connectivity index (χ0n) is 9.25. The lowest BCUT2D eigenvalue weighted by molar-refractivity contribution is -0.143. The van der Waals surface area contributed by atoms with Gasteiger partial charge in [0, 0.05) is 12.5 Å². The Bertz CT molecular complexity index is 208. The van der Waals surface area contributed by atoms with E-state index in [2.05, 4.69) is 12.8 Å². The van der Waals surface area contributed by atoms with E-state index in [-0.39, 0.29) is 5.97 Å². The van der Waals surface area contributed by atoms with E-state index in [0.29, 0.717) is 25.6 Å². The SMILES string of the molecule is C#CCN(C)C(C)CCC(=O)OCC. The van der Waals surface area contributed by atoms with Crippen LogP contribution >= 0.6 is 0 Å². The molecule has 0 aliphatic rings. The Labute approximate surface area is 86.4 Å². The standard InChI is InChI=1S/C11H19NO2/c1-5-9-12(4)10(3)7-8-11(13)14-6-2/h1,10H,6-9H2,2-4H3. The van der Waals surface area contributed by atoms with E-state index in [1.165, 1.54) is 0 Å². The highest BCUT2D eigenvalue weighted by Gasteiger charge is 2.10. The van der Waals surface area contributed by atoms with E-state index >= 15 is 0 Å². The molecule has 0 spiro atoms. The van der Waals surface area contributed by atoms with Crippen molar-refractivity contribution in [3.05, 3.63) is 0 Å². The highest BCUT2D eigenvalue weighted by Crippen LogP contribution is 2.04. The first kappa shape index (κ1) is 13.0. The van der Waals surface area contributed by atoms with Gasteiger partial charge in [-0.05, 0) is 27.3 Å². The van der Waals surface area contributed by atoms with Crippen LogP contribution in [0.1, 0.15) is 26.7 Å². The Morgan fingerprint density at radius 1 is 1.64 bits per heavy atom. The molecule has 0 bridgehead atoms. The Morgan fingerprint density at radius 2 is 2.29 bits per heavy atom. The Morgan fingerprint density at radius 3 is 2.79 bits per heavy atom. The molecule has 0 N–H and O–H groups in total. The molecule has 0 aromatic heterocycles. The fraction of sp³-hybridized carbons (Fsp3) is 0.727. The molecule has 0 heterocycles. The van der Waals surface area contributed by atoms with Crippen LogP contribution in [0, 0.1) is 12.3 Å². The minimum absolute atomic E-state index is 0.131. The topological polar surface area (TPSA) is 29.5 Å². The third-order valence-corrected chi connectivity index (χ3v) is 2.16. The lowest BCUT2D eigenvalue weighted by atomic mass is 10.1. The van der Waals surface area contributed by atoms with Crippen molar-refractivity contribution in [3.63, 3.8) is 0 Å². The average molecular weight is 197 g/mol. The van der Waals surface area contributed by atoms with Crippen LogP contribution in [0.3, 0.4) is 0 Å². The first-order chi connectivity index (χ1) is 6.61. The summed E-state index contributed by atoms with van der Waals surface area (Å²) in [4.78, 5) is 13.1. The van der Waals surface area contributed by atoms with Crippen LogP contribution in [0.15, 0.2) is 0 Å². The fourth-order valence-electron chi connectivity index (χ4n) is 1.08. The van der Waals surface area contributed by atoms with E-state index in [0.717, 1.165) is 6.42 Å². The highest BCUT2D eigenvalue weighted by molar-refractivity contribution is 5.69. The number of ether oxygens (including phenoxy) is 1. The summed E-state index contributed by atoms with van der Waals surface area (Å²) in [6.07, 6.45) is 6.44. The van der Waals surface area contributed by atoms with Gasteiger partial charge in [0.25, 0.3) is 0 Å². The molecule has 0 fully saturated rings. The monoisotopic (exact) mass is 197 g/mol. The molecule has 0 aromatic carbocycles. The van der Waals surface area contributed by atoms with Gasteiger partial charge in [-0.25, -0.2) is 0 Å². The number of nitrogens with zero attached hydrogens (tertiary/aromatic N) is 1. The summed E-state index contributed by atoms with van der Waals surface area (Å²) in [6, 6.07) is 0.315. The number of hydrogen-bond acceptors (Lipinski definition) is 3. The van der Waals surface area contributed by atoms with Gasteiger partial charge in [0.2, 0.25) is 0 Å². The summed E-state index contributed by atoms with van der Waals surface area (Å²) in [5, 5.41) is 0. The Balaban J connectivity index is 3.68. The number of hydrogen-bond donors (Lipinski definition) is 0. The van der Waals surface area contributed by atoms with Crippen molar-refractivity contribution in [2.75, 3.05) is 20.2 Å². The molecular formula is C11H19NO2. The highest BCUT2D eigenvalue weighted by atomic mass is 16.5. The fourth-order valence-corrected chi connectivity index (χ4v) is 1.08. The van der Waals surface area contributed by atoms with Crippen LogP contribution in [-0.2, 0) is 9.53 Å². The van der Waals surface area contributed by atoms with Gasteiger partial charge in [0.15, 0.2) is 0 Å². The van der Waals surface area contributed by atoms with Gasteiger partial charge in [0.05, 0.1) is 13.2 Å². The van der Waals surface area contributed by atoms with E-state index in [1.54, 1.807) is 0 Å². The number of esters is 1. The number of carbonyl (C=O) groups excluding carboxylic acids is 1. The smallest absolute Gasteiger partial charge is 0.305 e. The molecule has 3 heteroatoms. The summed E-state index contributed by atoms with van der Waals surface area (Å²) in [5.41, 5.74) is 0. The predicted molar refractivity (Wildman–Crippen MR) is 56.8 cm³/mol. The van der Waals surface area contributed by atoms with Gasteiger partial charge >= 0.3 is 5.97 Å². The lowest BCUT2D eigenvalue weighted by Gasteiger charge is -2.21. The maximum Gasteiger partial charge on any atom is 0.305 e. The molecule has 14 heavy (non-hydrogen) atoms. The zero-order valence-corrected chi connectivity index (χ0v) is 9.25. The maximum atomic E-state index is 11.0. The van der Waals surface area contributed by atoms with Gasteiger partial charge in [-0.15, -0.1) is 6.42 Å². The third kappa shape index (κ3) is 5.60. The second kappa shape index (κ2) is 7.40. The second-order valence-corrected chi connectivity index (χ2v) is 3.31. The molecular weight excluding hydrogens is 178 g/mol. The van der Waals surface area contributed by atoms with Gasteiger partial charge < -0.3 is 4.74 Å². The van der Waals surface area contributed by atoms with Crippen molar-refractivity contribution in [1.82, 2.24) is 4.90 Å². The van der Waals surface area contributed by atoms with Crippen molar-refractivity contribution < 1.29 is 9.53 Å². The molecule has 0 saturated carbocycles. The third-order valence-electron chi connectivity index (χ3n) is 2.16. The molecule has 0 aromatic rings. The van der Waals surface area contributed by atoms with E-state index in [9.17, 15) is 4.79 Å². The molecule has 0 radical (unpaired) electrons. The van der Waals surface area contributed by atoms with Crippen LogP contribution < -0.4 is 0 Å². The minimum Gasteiger partial charge on any atom is -0.466 e. The van der Waals surface area contributed by atoms with E-state index < -0.39 is 0 Å². The number of rotatable bonds is 6. The second-order valence-electron chi connectivity index (χ2n) is 3.31. The van der Waals surface area contributed by atoms with E-state index in [4.69, 9.17) is 11.2 Å². The maximum absolute atomic E-state index is 11.0. The molecule has 0 amide bonds. The Hall–Kier alpha value is -1.01. The summed E-state index contributed by atoms with van der Waals surface area (Å²) >= 11 is 0. The van der Waals surface area contributed by atoms with Crippen LogP contribution in [0.25, 0.3) is 0 Å². The largest absolute Gasteiger partial charge is 0.466 e. The normalized spacial score (nSPS) is 12.2. The summed E-state index contributed by atoms with van der Waals surface area (Å²) in [7, 11) is 1.95. The number of carbonyl (C=O) groups is 1. The molecule has 0 aliphatic heterocycles. The predicted octanol–water partition coefficient (Wildman–Crippen LogP) is 1.28. The van der Waals surface area contributed by atoms with Crippen LogP contribution in [-0.4, -0.2) is 37.1 Å². The quantitative estimate of drug-likeness (QED) is 0.474.